The van der Waals surface area contributed by atoms with Gasteiger partial charge in [-0.25, -0.2) is 9.78 Å². The zero-order chi connectivity index (χ0) is 28.5. The molecule has 2 unspecified atom stereocenters. The van der Waals surface area contributed by atoms with Gasteiger partial charge in [-0.1, -0.05) is 48.5 Å². The third-order valence-corrected chi connectivity index (χ3v) is 8.06. The maximum atomic E-state index is 13.6. The van der Waals surface area contributed by atoms with Gasteiger partial charge in [0.1, 0.15) is 11.0 Å². The standard InChI is InChI=1S/C27H28N4O6S3/c1-2-37-27(33)30-21(15-18-7-4-3-5-8-18)25(32)28-22(26-29-23(17-39-26)24-9-6-14-38-24)16-19-10-12-20(13-11-19)31-40(34,35)36/h3-14,17,21-22,31H,2,15-16H2,1H3,(H,28,32)(H,30,33)(H,34,35,36). The highest BCUT2D eigenvalue weighted by Gasteiger charge is 2.27. The van der Waals surface area contributed by atoms with Crippen molar-refractivity contribution in [1.29, 1.82) is 0 Å². The summed E-state index contributed by atoms with van der Waals surface area (Å²) in [7, 11) is -4.40. The van der Waals surface area contributed by atoms with Crippen LogP contribution in [-0.4, -0.2) is 42.6 Å². The second-order valence-electron chi connectivity index (χ2n) is 8.69. The normalized spacial score (nSPS) is 12.8. The Morgan fingerprint density at radius 1 is 0.950 bits per heavy atom. The minimum atomic E-state index is -4.40. The lowest BCUT2D eigenvalue weighted by Gasteiger charge is -2.23. The molecule has 0 radical (unpaired) electrons. The van der Waals surface area contributed by atoms with Crippen molar-refractivity contribution in [2.45, 2.75) is 31.8 Å². The number of ether oxygens (including phenoxy) is 1. The Morgan fingerprint density at radius 2 is 1.68 bits per heavy atom. The number of aromatic nitrogens is 1. The smallest absolute Gasteiger partial charge is 0.407 e. The molecule has 0 saturated carbocycles. The summed E-state index contributed by atoms with van der Waals surface area (Å²) in [6.45, 7) is 1.85. The number of thiophene rings is 1. The van der Waals surface area contributed by atoms with Crippen molar-refractivity contribution in [3.63, 3.8) is 0 Å². The van der Waals surface area contributed by atoms with Crippen molar-refractivity contribution >= 4 is 50.7 Å². The van der Waals surface area contributed by atoms with E-state index in [2.05, 4.69) is 10.6 Å². The minimum Gasteiger partial charge on any atom is -0.450 e. The second kappa shape index (κ2) is 13.5. The van der Waals surface area contributed by atoms with Crippen LogP contribution in [0.25, 0.3) is 10.6 Å². The van der Waals surface area contributed by atoms with E-state index in [0.29, 0.717) is 11.4 Å². The van der Waals surface area contributed by atoms with Gasteiger partial charge >= 0.3 is 16.4 Å². The number of rotatable bonds is 12. The first-order valence-electron chi connectivity index (χ1n) is 12.3. The number of anilines is 1. The van der Waals surface area contributed by atoms with Gasteiger partial charge in [-0.05, 0) is 48.1 Å². The van der Waals surface area contributed by atoms with Crippen LogP contribution in [0.2, 0.25) is 0 Å². The van der Waals surface area contributed by atoms with E-state index >= 15 is 0 Å². The summed E-state index contributed by atoms with van der Waals surface area (Å²) in [5.41, 5.74) is 2.65. The zero-order valence-corrected chi connectivity index (χ0v) is 23.9. The predicted molar refractivity (Wildman–Crippen MR) is 156 cm³/mol. The summed E-state index contributed by atoms with van der Waals surface area (Å²) < 4.78 is 38.3. The van der Waals surface area contributed by atoms with Crippen LogP contribution in [0.4, 0.5) is 10.5 Å². The highest BCUT2D eigenvalue weighted by atomic mass is 32.2. The number of alkyl carbamates (subject to hydrolysis) is 1. The van der Waals surface area contributed by atoms with E-state index in [9.17, 15) is 18.0 Å². The van der Waals surface area contributed by atoms with E-state index in [1.807, 2.05) is 57.9 Å². The van der Waals surface area contributed by atoms with Gasteiger partial charge in [0.25, 0.3) is 0 Å². The van der Waals surface area contributed by atoms with Crippen LogP contribution in [0.15, 0.2) is 77.5 Å². The van der Waals surface area contributed by atoms with Gasteiger partial charge in [0.05, 0.1) is 28.9 Å². The van der Waals surface area contributed by atoms with Crippen LogP contribution in [0.5, 0.6) is 0 Å². The molecule has 0 saturated heterocycles. The second-order valence-corrected chi connectivity index (χ2v) is 11.7. The number of thiazole rings is 1. The van der Waals surface area contributed by atoms with Crippen molar-refractivity contribution in [3.05, 3.63) is 93.6 Å². The van der Waals surface area contributed by atoms with Gasteiger partial charge < -0.3 is 15.4 Å². The molecule has 13 heteroatoms. The molecule has 210 valence electrons. The number of benzene rings is 2. The molecule has 2 aromatic carbocycles. The lowest BCUT2D eigenvalue weighted by Crippen LogP contribution is -2.49. The van der Waals surface area contributed by atoms with Crippen LogP contribution in [0.1, 0.15) is 29.1 Å². The minimum absolute atomic E-state index is 0.168. The summed E-state index contributed by atoms with van der Waals surface area (Å²) in [6, 6.07) is 18.2. The average Bonchev–Trinajstić information content (AvgIpc) is 3.61. The molecule has 0 spiro atoms. The molecule has 2 aromatic heterocycles. The Kier molecular flexibility index (Phi) is 9.88. The van der Waals surface area contributed by atoms with Crippen LogP contribution in [0.3, 0.4) is 0 Å². The number of hydrogen-bond donors (Lipinski definition) is 4. The highest BCUT2D eigenvalue weighted by molar-refractivity contribution is 7.87. The molecule has 0 fully saturated rings. The molecular weight excluding hydrogens is 573 g/mol. The molecule has 2 atom stereocenters. The largest absolute Gasteiger partial charge is 0.450 e. The number of amides is 2. The van der Waals surface area contributed by atoms with Crippen LogP contribution in [-0.2, 0) is 32.7 Å². The average molecular weight is 601 g/mol. The first-order chi connectivity index (χ1) is 19.2. The molecule has 4 aromatic rings. The van der Waals surface area contributed by atoms with E-state index in [0.717, 1.165) is 21.7 Å². The fourth-order valence-corrected chi connectivity index (χ4v) is 5.99. The quantitative estimate of drug-likeness (QED) is 0.170. The Morgan fingerprint density at radius 3 is 2.33 bits per heavy atom. The van der Waals surface area contributed by atoms with E-state index in [4.69, 9.17) is 14.3 Å². The van der Waals surface area contributed by atoms with Gasteiger partial charge in [-0.3, -0.25) is 14.1 Å². The first kappa shape index (κ1) is 29.2. The number of nitrogens with zero attached hydrogens (tertiary/aromatic N) is 1. The highest BCUT2D eigenvalue weighted by Crippen LogP contribution is 2.30. The Balaban J connectivity index is 1.59. The number of carbonyl (C=O) groups is 2. The molecule has 40 heavy (non-hydrogen) atoms. The molecule has 4 rings (SSSR count). The molecule has 0 bridgehead atoms. The maximum Gasteiger partial charge on any atom is 0.407 e. The van der Waals surface area contributed by atoms with Crippen LogP contribution in [0, 0.1) is 0 Å². The molecule has 4 N–H and O–H groups in total. The Labute approximate surface area is 240 Å². The summed E-state index contributed by atoms with van der Waals surface area (Å²) in [4.78, 5) is 31.7. The van der Waals surface area contributed by atoms with Crippen molar-refractivity contribution in [2.75, 3.05) is 11.3 Å². The topological polar surface area (TPSA) is 147 Å². The molecule has 0 aliphatic rings. The van der Waals surface area contributed by atoms with Crippen molar-refractivity contribution in [3.8, 4) is 10.6 Å². The first-order valence-corrected chi connectivity index (χ1v) is 15.5. The van der Waals surface area contributed by atoms with E-state index < -0.39 is 34.4 Å². The SMILES string of the molecule is CCOC(=O)NC(Cc1ccccc1)C(=O)NC(Cc1ccc(NS(=O)(=O)O)cc1)c1nc(-c2cccs2)cs1. The molecule has 2 heterocycles. The fraction of sp³-hybridized carbons (Fsp3) is 0.222. The van der Waals surface area contributed by atoms with Gasteiger partial charge in [-0.2, -0.15) is 8.42 Å². The van der Waals surface area contributed by atoms with Crippen molar-refractivity contribution in [1.82, 2.24) is 15.6 Å². The summed E-state index contributed by atoms with van der Waals surface area (Å²) in [5.74, 6) is -0.403. The lowest BCUT2D eigenvalue weighted by atomic mass is 10.0. The molecule has 10 nitrogen and oxygen atoms in total. The monoisotopic (exact) mass is 600 g/mol. The van der Waals surface area contributed by atoms with Gasteiger partial charge in [0, 0.05) is 11.8 Å². The zero-order valence-electron chi connectivity index (χ0n) is 21.4. The Bertz CT molecular complexity index is 1510. The number of nitrogens with one attached hydrogen (secondary N) is 3. The fourth-order valence-electron chi connectivity index (χ4n) is 3.93. The summed E-state index contributed by atoms with van der Waals surface area (Å²) in [5, 5.41) is 10.3. The van der Waals surface area contributed by atoms with Crippen molar-refractivity contribution in [2.24, 2.45) is 0 Å². The third kappa shape index (κ3) is 8.61. The van der Waals surface area contributed by atoms with E-state index in [1.54, 1.807) is 30.4 Å². The van der Waals surface area contributed by atoms with Crippen LogP contribution < -0.4 is 15.4 Å². The van der Waals surface area contributed by atoms with Gasteiger partial charge in [0.2, 0.25) is 5.91 Å². The van der Waals surface area contributed by atoms with Gasteiger partial charge in [0.15, 0.2) is 0 Å². The van der Waals surface area contributed by atoms with E-state index in [1.165, 1.54) is 23.5 Å². The predicted octanol–water partition coefficient (Wildman–Crippen LogP) is 4.84. The molecule has 2 amide bonds. The molecule has 0 aliphatic heterocycles. The Hall–Kier alpha value is -3.78. The number of carbonyl (C=O) groups excluding carboxylic acids is 2. The van der Waals surface area contributed by atoms with E-state index in [-0.39, 0.29) is 18.7 Å². The summed E-state index contributed by atoms with van der Waals surface area (Å²) >= 11 is 2.97. The lowest BCUT2D eigenvalue weighted by molar-refractivity contribution is -0.123. The van der Waals surface area contributed by atoms with Gasteiger partial charge in [-0.15, -0.1) is 22.7 Å². The van der Waals surface area contributed by atoms with Crippen LogP contribution >= 0.6 is 22.7 Å². The summed E-state index contributed by atoms with van der Waals surface area (Å²) in [6.07, 6.45) is -0.0921. The molecule has 0 aliphatic carbocycles. The number of hydrogen-bond acceptors (Lipinski definition) is 8. The van der Waals surface area contributed by atoms with Crippen molar-refractivity contribution < 1.29 is 27.3 Å². The third-order valence-electron chi connectivity index (χ3n) is 5.72. The molecular formula is C27H28N4O6S3. The maximum absolute atomic E-state index is 13.6.